The molecule has 23 heavy (non-hydrogen) atoms. The number of amides is 1. The summed E-state index contributed by atoms with van der Waals surface area (Å²) in [5, 5.41) is 9.54. The van der Waals surface area contributed by atoms with Crippen molar-refractivity contribution in [2.75, 3.05) is 33.2 Å². The highest BCUT2D eigenvalue weighted by Crippen LogP contribution is 2.15. The monoisotopic (exact) mass is 439 g/mol. The fourth-order valence-corrected chi connectivity index (χ4v) is 2.72. The lowest BCUT2D eigenvalue weighted by atomic mass is 10.2. The number of hydrogen-bond donors (Lipinski definition) is 3. The van der Waals surface area contributed by atoms with E-state index in [1.165, 1.54) is 19.4 Å². The number of hydrogen-bond acceptors (Lipinski definition) is 3. The molecule has 0 aromatic heterocycles. The van der Waals surface area contributed by atoms with Gasteiger partial charge in [0, 0.05) is 38.6 Å². The molecule has 3 N–H and O–H groups in total. The van der Waals surface area contributed by atoms with Gasteiger partial charge in [-0.3, -0.25) is 14.7 Å². The molecule has 1 aliphatic rings. The quantitative estimate of drug-likeness (QED) is 0.305. The Bertz CT molecular complexity index is 364. The summed E-state index contributed by atoms with van der Waals surface area (Å²) in [6.07, 6.45) is 3.95. The van der Waals surface area contributed by atoms with Gasteiger partial charge in [0.2, 0.25) is 5.91 Å². The van der Waals surface area contributed by atoms with E-state index in [4.69, 9.17) is 0 Å². The summed E-state index contributed by atoms with van der Waals surface area (Å²) in [5.41, 5.74) is 0. The summed E-state index contributed by atoms with van der Waals surface area (Å²) in [6.45, 7) is 10.1. The number of nitrogens with one attached hydrogen (secondary N) is 3. The molecule has 0 aliphatic carbocycles. The average molecular weight is 439 g/mol. The largest absolute Gasteiger partial charge is 0.356 e. The van der Waals surface area contributed by atoms with E-state index in [1.807, 2.05) is 6.92 Å². The van der Waals surface area contributed by atoms with E-state index in [0.717, 1.165) is 25.5 Å². The number of carbonyl (C=O) groups excluding carboxylic acids is 1. The van der Waals surface area contributed by atoms with Crippen LogP contribution in [0.5, 0.6) is 0 Å². The highest BCUT2D eigenvalue weighted by Gasteiger charge is 2.22. The average Bonchev–Trinajstić information content (AvgIpc) is 2.97. The lowest BCUT2D eigenvalue weighted by Gasteiger charge is -2.24. The summed E-state index contributed by atoms with van der Waals surface area (Å²) < 4.78 is 0. The predicted molar refractivity (Wildman–Crippen MR) is 108 cm³/mol. The van der Waals surface area contributed by atoms with Gasteiger partial charge in [-0.15, -0.1) is 24.0 Å². The first-order valence-electron chi connectivity index (χ1n) is 8.58. The van der Waals surface area contributed by atoms with E-state index >= 15 is 0 Å². The van der Waals surface area contributed by atoms with Gasteiger partial charge in [0.25, 0.3) is 0 Å². The second-order valence-electron chi connectivity index (χ2n) is 5.93. The van der Waals surface area contributed by atoms with Crippen LogP contribution in [0.2, 0.25) is 0 Å². The molecule has 1 heterocycles. The van der Waals surface area contributed by atoms with Crippen LogP contribution in [0, 0.1) is 0 Å². The second-order valence-corrected chi connectivity index (χ2v) is 5.93. The van der Waals surface area contributed by atoms with Crippen LogP contribution in [0.15, 0.2) is 4.99 Å². The minimum Gasteiger partial charge on any atom is -0.356 e. The minimum absolute atomic E-state index is 0. The summed E-state index contributed by atoms with van der Waals surface area (Å²) in [6, 6.07) is 0.838. The first kappa shape index (κ1) is 22.4. The molecule has 7 heteroatoms. The molecule has 0 aromatic rings. The lowest BCUT2D eigenvalue weighted by molar-refractivity contribution is -0.121. The number of likely N-dealkylation sites (N-methyl/N-ethyl adjacent to an activating group) is 1. The maximum Gasteiger partial charge on any atom is 0.221 e. The normalized spacial score (nSPS) is 19.8. The van der Waals surface area contributed by atoms with Crippen LogP contribution >= 0.6 is 24.0 Å². The van der Waals surface area contributed by atoms with Crippen molar-refractivity contribution in [2.24, 2.45) is 4.99 Å². The third-order valence-corrected chi connectivity index (χ3v) is 4.30. The number of halogens is 1. The van der Waals surface area contributed by atoms with Gasteiger partial charge in [0.15, 0.2) is 5.96 Å². The van der Waals surface area contributed by atoms with E-state index in [0.29, 0.717) is 19.0 Å². The molecule has 1 fully saturated rings. The van der Waals surface area contributed by atoms with Crippen molar-refractivity contribution >= 4 is 35.8 Å². The van der Waals surface area contributed by atoms with Crippen molar-refractivity contribution in [3.63, 3.8) is 0 Å². The maximum atomic E-state index is 11.7. The Labute approximate surface area is 158 Å². The molecule has 0 aromatic carbocycles. The number of nitrogens with zero attached hydrogens (tertiary/aromatic N) is 2. The van der Waals surface area contributed by atoms with Crippen molar-refractivity contribution in [3.05, 3.63) is 0 Å². The van der Waals surface area contributed by atoms with Gasteiger partial charge in [-0.2, -0.15) is 0 Å². The van der Waals surface area contributed by atoms with E-state index < -0.39 is 0 Å². The molecule has 0 spiro atoms. The number of rotatable bonds is 8. The van der Waals surface area contributed by atoms with Gasteiger partial charge in [0.05, 0.1) is 0 Å². The summed E-state index contributed by atoms with van der Waals surface area (Å²) in [5.74, 6) is 0.865. The van der Waals surface area contributed by atoms with Crippen molar-refractivity contribution in [3.8, 4) is 0 Å². The van der Waals surface area contributed by atoms with Crippen LogP contribution < -0.4 is 16.0 Å². The third kappa shape index (κ3) is 8.74. The van der Waals surface area contributed by atoms with Crippen molar-refractivity contribution in [1.29, 1.82) is 0 Å². The molecule has 0 bridgehead atoms. The molecular weight excluding hydrogens is 405 g/mol. The molecule has 0 saturated carbocycles. The molecule has 1 amide bonds. The molecule has 2 unspecified atom stereocenters. The highest BCUT2D eigenvalue weighted by atomic mass is 127. The molecule has 6 nitrogen and oxygen atoms in total. The molecule has 2 atom stereocenters. The van der Waals surface area contributed by atoms with Crippen molar-refractivity contribution in [2.45, 2.75) is 58.5 Å². The van der Waals surface area contributed by atoms with Gasteiger partial charge in [-0.25, -0.2) is 0 Å². The van der Waals surface area contributed by atoms with Crippen molar-refractivity contribution in [1.82, 2.24) is 20.9 Å². The Morgan fingerprint density at radius 2 is 2.09 bits per heavy atom. The molecule has 0 radical (unpaired) electrons. The topological polar surface area (TPSA) is 68.8 Å². The van der Waals surface area contributed by atoms with E-state index in [2.05, 4.69) is 39.7 Å². The third-order valence-electron chi connectivity index (χ3n) is 4.30. The first-order chi connectivity index (χ1) is 10.6. The fraction of sp³-hybridized carbons (Fsp3) is 0.875. The zero-order chi connectivity index (χ0) is 16.4. The Morgan fingerprint density at radius 1 is 1.35 bits per heavy atom. The second kappa shape index (κ2) is 12.8. The zero-order valence-corrected chi connectivity index (χ0v) is 17.4. The standard InChI is InChI=1S/C16H33N5O.HI/c1-5-13(3)20-15(22)9-10-18-16(17-4)19-12-14-8-7-11-21(14)6-2;/h13-14H,5-12H2,1-4H3,(H,20,22)(H2,17,18,19);1H. The summed E-state index contributed by atoms with van der Waals surface area (Å²) in [7, 11) is 1.76. The van der Waals surface area contributed by atoms with Crippen LogP contribution in [0.25, 0.3) is 0 Å². The highest BCUT2D eigenvalue weighted by molar-refractivity contribution is 14.0. The zero-order valence-electron chi connectivity index (χ0n) is 15.0. The molecule has 136 valence electrons. The predicted octanol–water partition coefficient (Wildman–Crippen LogP) is 1.56. The molecule has 1 aliphatic heterocycles. The number of guanidine groups is 1. The SMILES string of the molecule is CCC(C)NC(=O)CCNC(=NC)NCC1CCCN1CC.I. The first-order valence-corrected chi connectivity index (χ1v) is 8.58. The van der Waals surface area contributed by atoms with Gasteiger partial charge < -0.3 is 16.0 Å². The van der Waals surface area contributed by atoms with Crippen LogP contribution in [-0.2, 0) is 4.79 Å². The number of carbonyl (C=O) groups is 1. The molecule has 1 rings (SSSR count). The maximum absolute atomic E-state index is 11.7. The Hall–Kier alpha value is -0.570. The molecule has 1 saturated heterocycles. The van der Waals surface area contributed by atoms with Crippen LogP contribution in [0.4, 0.5) is 0 Å². The summed E-state index contributed by atoms with van der Waals surface area (Å²) >= 11 is 0. The van der Waals surface area contributed by atoms with Gasteiger partial charge >= 0.3 is 0 Å². The van der Waals surface area contributed by atoms with Gasteiger partial charge in [-0.05, 0) is 39.3 Å². The van der Waals surface area contributed by atoms with E-state index in [9.17, 15) is 4.79 Å². The van der Waals surface area contributed by atoms with Gasteiger partial charge in [-0.1, -0.05) is 13.8 Å². The fourth-order valence-electron chi connectivity index (χ4n) is 2.72. The van der Waals surface area contributed by atoms with Crippen LogP contribution in [0.3, 0.4) is 0 Å². The minimum atomic E-state index is 0. The van der Waals surface area contributed by atoms with E-state index in [1.54, 1.807) is 7.05 Å². The number of aliphatic imine (C=N–C) groups is 1. The Balaban J connectivity index is 0.00000484. The smallest absolute Gasteiger partial charge is 0.221 e. The van der Waals surface area contributed by atoms with Crippen LogP contribution in [0.1, 0.15) is 46.5 Å². The number of likely N-dealkylation sites (tertiary alicyclic amines) is 1. The summed E-state index contributed by atoms with van der Waals surface area (Å²) in [4.78, 5) is 18.4. The van der Waals surface area contributed by atoms with Crippen LogP contribution in [-0.4, -0.2) is 62.1 Å². The van der Waals surface area contributed by atoms with Gasteiger partial charge in [0.1, 0.15) is 0 Å². The van der Waals surface area contributed by atoms with E-state index in [-0.39, 0.29) is 35.9 Å². The Morgan fingerprint density at radius 3 is 2.70 bits per heavy atom. The molecular formula is C16H34IN5O. The Kier molecular flexibility index (Phi) is 12.5. The lowest BCUT2D eigenvalue weighted by Crippen LogP contribution is -2.45. The van der Waals surface area contributed by atoms with Crippen molar-refractivity contribution < 1.29 is 4.79 Å².